The van der Waals surface area contributed by atoms with Crippen LogP contribution in [-0.4, -0.2) is 49.3 Å². The van der Waals surface area contributed by atoms with Crippen molar-refractivity contribution in [2.75, 3.05) is 20.1 Å². The number of carbonyl (C=O) groups excluding carboxylic acids is 1. The largest absolute Gasteiger partial charge is 0.456 e. The molecule has 9 heteroatoms. The zero-order valence-corrected chi connectivity index (χ0v) is 16.8. The molecule has 1 aliphatic heterocycles. The van der Waals surface area contributed by atoms with Crippen LogP contribution < -0.4 is 10.2 Å². The van der Waals surface area contributed by atoms with Crippen LogP contribution in [-0.2, 0) is 14.6 Å². The number of hydrogen-bond donors (Lipinski definition) is 2. The van der Waals surface area contributed by atoms with Crippen LogP contribution in [0.25, 0.3) is 0 Å². The van der Waals surface area contributed by atoms with Crippen molar-refractivity contribution in [2.45, 2.75) is 22.5 Å². The summed E-state index contributed by atoms with van der Waals surface area (Å²) in [6.07, 6.45) is 0.126. The smallest absolute Gasteiger partial charge is 0.265 e. The molecule has 0 radical (unpaired) electrons. The molecule has 150 valence electrons. The normalized spacial score (nSPS) is 17.1. The Balaban J connectivity index is 2.05. The maximum absolute atomic E-state index is 13.6. The van der Waals surface area contributed by atoms with Gasteiger partial charge in [0, 0.05) is 5.02 Å². The van der Waals surface area contributed by atoms with E-state index in [0.29, 0.717) is 23.9 Å². The standard InChI is InChI=1S/C19H21ClN2O5S/c1-22-12-10-19(11-13-22,18(23)21-24)28(25,26)17-5-3-2-4-16(17)27-15-8-6-14(20)7-9-15/h2-9,24H,10-13H2,1H3,(H,21,23). The fraction of sp³-hybridized carbons (Fsp3) is 0.316. The number of rotatable bonds is 5. The molecular formula is C19H21ClN2O5S. The SMILES string of the molecule is CN1CCC(C(=O)NO)(S(=O)(=O)c2ccccc2Oc2ccc(Cl)cc2)CC1. The number of nitrogens with zero attached hydrogens (tertiary/aromatic N) is 1. The lowest BCUT2D eigenvalue weighted by Crippen LogP contribution is -2.57. The third-order valence-corrected chi connectivity index (χ3v) is 7.80. The van der Waals surface area contributed by atoms with Crippen molar-refractivity contribution in [3.63, 3.8) is 0 Å². The number of piperidine rings is 1. The second-order valence-corrected chi connectivity index (χ2v) is 9.41. The van der Waals surface area contributed by atoms with Gasteiger partial charge in [0.1, 0.15) is 16.4 Å². The van der Waals surface area contributed by atoms with Crippen LogP contribution in [0.15, 0.2) is 53.4 Å². The molecule has 1 amide bonds. The highest BCUT2D eigenvalue weighted by Crippen LogP contribution is 2.40. The number of halogens is 1. The van der Waals surface area contributed by atoms with Crippen LogP contribution >= 0.6 is 11.6 Å². The lowest BCUT2D eigenvalue weighted by molar-refractivity contribution is -0.133. The first-order valence-corrected chi connectivity index (χ1v) is 10.6. The van der Waals surface area contributed by atoms with E-state index in [1.54, 1.807) is 41.9 Å². The molecule has 0 bridgehead atoms. The zero-order chi connectivity index (χ0) is 20.4. The number of hydroxylamine groups is 1. The van der Waals surface area contributed by atoms with Crippen molar-refractivity contribution in [3.8, 4) is 11.5 Å². The van der Waals surface area contributed by atoms with Crippen LogP contribution in [0, 0.1) is 0 Å². The molecule has 0 aromatic heterocycles. The van der Waals surface area contributed by atoms with Crippen LogP contribution in [0.4, 0.5) is 0 Å². The first-order chi connectivity index (χ1) is 13.3. The van der Waals surface area contributed by atoms with E-state index >= 15 is 0 Å². The van der Waals surface area contributed by atoms with Gasteiger partial charge in [0.15, 0.2) is 14.6 Å². The molecule has 7 nitrogen and oxygen atoms in total. The first-order valence-electron chi connectivity index (χ1n) is 8.70. The molecule has 28 heavy (non-hydrogen) atoms. The molecule has 0 unspecified atom stereocenters. The Labute approximate surface area is 168 Å². The molecule has 2 N–H and O–H groups in total. The van der Waals surface area contributed by atoms with Crippen molar-refractivity contribution >= 4 is 27.3 Å². The Morgan fingerprint density at radius 3 is 2.36 bits per heavy atom. The highest BCUT2D eigenvalue weighted by molar-refractivity contribution is 7.93. The Hall–Kier alpha value is -2.13. The second-order valence-electron chi connectivity index (χ2n) is 6.74. The van der Waals surface area contributed by atoms with E-state index < -0.39 is 20.5 Å². The van der Waals surface area contributed by atoms with Crippen molar-refractivity contribution < 1.29 is 23.2 Å². The van der Waals surface area contributed by atoms with Gasteiger partial charge in [-0.1, -0.05) is 23.7 Å². The summed E-state index contributed by atoms with van der Waals surface area (Å²) in [6.45, 7) is 0.819. The summed E-state index contributed by atoms with van der Waals surface area (Å²) < 4.78 is 31.2. The van der Waals surface area contributed by atoms with E-state index in [4.69, 9.17) is 16.3 Å². The van der Waals surface area contributed by atoms with Gasteiger partial charge in [0.05, 0.1) is 0 Å². The number of likely N-dealkylation sites (tertiary alicyclic amines) is 1. The number of para-hydroxylation sites is 1. The third kappa shape index (κ3) is 3.73. The predicted molar refractivity (Wildman–Crippen MR) is 105 cm³/mol. The van der Waals surface area contributed by atoms with Crippen LogP contribution in [0.5, 0.6) is 11.5 Å². The van der Waals surface area contributed by atoms with E-state index in [2.05, 4.69) is 0 Å². The molecule has 0 saturated carbocycles. The Morgan fingerprint density at radius 2 is 1.75 bits per heavy atom. The minimum Gasteiger partial charge on any atom is -0.456 e. The third-order valence-electron chi connectivity index (χ3n) is 5.00. The molecule has 0 spiro atoms. The highest BCUT2D eigenvalue weighted by atomic mass is 35.5. The number of carbonyl (C=O) groups is 1. The molecule has 2 aromatic carbocycles. The summed E-state index contributed by atoms with van der Waals surface area (Å²) in [5.41, 5.74) is 1.55. The summed E-state index contributed by atoms with van der Waals surface area (Å²) in [5.74, 6) is -0.410. The van der Waals surface area contributed by atoms with Crippen LogP contribution in [0.2, 0.25) is 5.02 Å². The second kappa shape index (κ2) is 8.08. The fourth-order valence-electron chi connectivity index (χ4n) is 3.30. The minimum absolute atomic E-state index is 0.0630. The fourth-order valence-corrected chi connectivity index (χ4v) is 5.48. The van der Waals surface area contributed by atoms with Gasteiger partial charge in [0.25, 0.3) is 5.91 Å². The summed E-state index contributed by atoms with van der Waals surface area (Å²) in [5, 5.41) is 9.76. The number of nitrogens with one attached hydrogen (secondary N) is 1. The summed E-state index contributed by atoms with van der Waals surface area (Å²) in [4.78, 5) is 14.3. The predicted octanol–water partition coefficient (Wildman–Crippen LogP) is 2.88. The zero-order valence-electron chi connectivity index (χ0n) is 15.3. The van der Waals surface area contributed by atoms with Gasteiger partial charge in [-0.3, -0.25) is 10.0 Å². The summed E-state index contributed by atoms with van der Waals surface area (Å²) in [6, 6.07) is 12.7. The first kappa shape index (κ1) is 20.6. The van der Waals surface area contributed by atoms with Crippen molar-refractivity contribution in [1.29, 1.82) is 0 Å². The van der Waals surface area contributed by atoms with E-state index in [9.17, 15) is 18.4 Å². The van der Waals surface area contributed by atoms with E-state index in [1.807, 2.05) is 11.9 Å². The molecule has 1 heterocycles. The van der Waals surface area contributed by atoms with Crippen molar-refractivity contribution in [3.05, 3.63) is 53.6 Å². The number of hydrogen-bond acceptors (Lipinski definition) is 6. The number of benzene rings is 2. The Morgan fingerprint density at radius 1 is 1.14 bits per heavy atom. The molecule has 0 atom stereocenters. The van der Waals surface area contributed by atoms with Gasteiger partial charge >= 0.3 is 0 Å². The number of ether oxygens (including phenoxy) is 1. The summed E-state index contributed by atoms with van der Waals surface area (Å²) >= 11 is 5.88. The van der Waals surface area contributed by atoms with Gasteiger partial charge in [-0.15, -0.1) is 0 Å². The molecule has 1 saturated heterocycles. The number of sulfone groups is 1. The minimum atomic E-state index is -4.17. The van der Waals surface area contributed by atoms with Crippen LogP contribution in [0.1, 0.15) is 12.8 Å². The van der Waals surface area contributed by atoms with Gasteiger partial charge < -0.3 is 9.64 Å². The average Bonchev–Trinajstić information content (AvgIpc) is 2.70. The molecule has 3 rings (SSSR count). The molecule has 1 aliphatic rings. The van der Waals surface area contributed by atoms with Gasteiger partial charge in [-0.25, -0.2) is 13.9 Å². The maximum atomic E-state index is 13.6. The van der Waals surface area contributed by atoms with Gasteiger partial charge in [0.2, 0.25) is 0 Å². The Bertz CT molecular complexity index is 955. The van der Waals surface area contributed by atoms with E-state index in [1.165, 1.54) is 12.1 Å². The average molecular weight is 425 g/mol. The quantitative estimate of drug-likeness (QED) is 0.566. The number of amides is 1. The highest BCUT2D eigenvalue weighted by Gasteiger charge is 2.53. The molecule has 0 aliphatic carbocycles. The maximum Gasteiger partial charge on any atom is 0.265 e. The lowest BCUT2D eigenvalue weighted by Gasteiger charge is -2.38. The molecule has 2 aromatic rings. The lowest BCUT2D eigenvalue weighted by atomic mass is 9.95. The van der Waals surface area contributed by atoms with Crippen LogP contribution in [0.3, 0.4) is 0 Å². The Kier molecular flexibility index (Phi) is 5.95. The van der Waals surface area contributed by atoms with Crippen molar-refractivity contribution in [2.24, 2.45) is 0 Å². The summed E-state index contributed by atoms with van der Waals surface area (Å²) in [7, 11) is -2.31. The topological polar surface area (TPSA) is 95.9 Å². The van der Waals surface area contributed by atoms with E-state index in [-0.39, 0.29) is 23.5 Å². The van der Waals surface area contributed by atoms with Crippen molar-refractivity contribution in [1.82, 2.24) is 10.4 Å². The molecular weight excluding hydrogens is 404 g/mol. The van der Waals surface area contributed by atoms with Gasteiger partial charge in [-0.05, 0) is 69.4 Å². The van der Waals surface area contributed by atoms with Gasteiger partial charge in [-0.2, -0.15) is 0 Å². The molecule has 1 fully saturated rings. The monoisotopic (exact) mass is 424 g/mol. The van der Waals surface area contributed by atoms with E-state index in [0.717, 1.165) is 0 Å².